The lowest BCUT2D eigenvalue weighted by Crippen LogP contribution is -2.32. The lowest BCUT2D eigenvalue weighted by atomic mass is 9.97. The van der Waals surface area contributed by atoms with Crippen molar-refractivity contribution in [2.75, 3.05) is 19.8 Å². The number of allylic oxidation sites excluding steroid dienone is 1. The van der Waals surface area contributed by atoms with Crippen LogP contribution in [0.1, 0.15) is 217 Å². The fourth-order valence-electron chi connectivity index (χ4n) is 19.4. The average Bonchev–Trinajstić information content (AvgIpc) is 1.67. The Morgan fingerprint density at radius 2 is 0.709 bits per heavy atom. The smallest absolute Gasteiger partial charge is 0.330 e. The number of fused-ring (bicyclic) bond motifs is 12. The summed E-state index contributed by atoms with van der Waals surface area (Å²) in [6, 6.07) is 7.92. The van der Waals surface area contributed by atoms with Crippen molar-refractivity contribution in [3.05, 3.63) is 236 Å². The first-order valence-corrected chi connectivity index (χ1v) is 51.2. The van der Waals surface area contributed by atoms with Gasteiger partial charge in [-0.1, -0.05) is 188 Å². The Labute approximate surface area is 829 Å². The first-order valence-electron chi connectivity index (χ1n) is 51.2. The molecule has 0 spiro atoms. The van der Waals surface area contributed by atoms with Crippen LogP contribution in [0.15, 0.2) is 225 Å². The molecule has 0 radical (unpaired) electrons. The van der Waals surface area contributed by atoms with Crippen LogP contribution in [0.2, 0.25) is 0 Å². The van der Waals surface area contributed by atoms with Crippen LogP contribution in [-0.2, 0) is 99.8 Å². The minimum Gasteiger partial charge on any atom is -0.493 e. The Morgan fingerprint density at radius 3 is 1.05 bits per heavy atom. The second kappa shape index (κ2) is 56.8. The van der Waals surface area contributed by atoms with Crippen LogP contribution in [0.5, 0.6) is 0 Å². The normalized spacial score (nSPS) is 37.2. The minimum absolute atomic E-state index is 0.0293. The minimum atomic E-state index is -1.14. The van der Waals surface area contributed by atoms with Gasteiger partial charge in [-0.2, -0.15) is 0 Å². The van der Waals surface area contributed by atoms with E-state index in [1.54, 1.807) is 48.6 Å². The fourth-order valence-corrected chi connectivity index (χ4v) is 19.4. The highest BCUT2D eigenvalue weighted by Crippen LogP contribution is 2.41. The number of epoxide rings is 4. The monoisotopic (exact) mass is 1960 g/mol. The number of ether oxygens (including phenoxy) is 16. The molecule has 15 heterocycles. The second-order valence-corrected chi connectivity index (χ2v) is 39.5. The van der Waals surface area contributed by atoms with Gasteiger partial charge in [0.1, 0.15) is 79.4 Å². The van der Waals surface area contributed by atoms with Crippen LogP contribution in [0.3, 0.4) is 0 Å². The van der Waals surface area contributed by atoms with Gasteiger partial charge in [0.15, 0.2) is 12.1 Å². The highest BCUT2D eigenvalue weighted by molar-refractivity contribution is 5.90. The lowest BCUT2D eigenvalue weighted by molar-refractivity contribution is -0.148. The third-order valence-corrected chi connectivity index (χ3v) is 27.4. The maximum atomic E-state index is 12.6. The number of carbonyl (C=O) groups excluding carboxylic acids is 5. The van der Waals surface area contributed by atoms with Crippen molar-refractivity contribution in [3.8, 4) is 0 Å². The topological polar surface area (TPSA) is 408 Å². The molecule has 0 saturated carbocycles. The molecule has 30 atom stereocenters. The number of hydrogen-bond acceptors (Lipinski definition) is 29. The number of aliphatic hydroxyl groups excluding tert-OH is 8. The summed E-state index contributed by atoms with van der Waals surface area (Å²) in [5.74, 6) is -2.23. The number of cyclic esters (lactones) is 4. The molecule has 0 aromatic heterocycles. The molecule has 0 aliphatic carbocycles. The van der Waals surface area contributed by atoms with Crippen molar-refractivity contribution in [2.45, 2.75) is 402 Å². The van der Waals surface area contributed by atoms with Crippen LogP contribution in [0.25, 0.3) is 6.08 Å². The van der Waals surface area contributed by atoms with E-state index in [0.717, 1.165) is 162 Å². The van der Waals surface area contributed by atoms with E-state index in [1.165, 1.54) is 48.8 Å². The van der Waals surface area contributed by atoms with Crippen molar-refractivity contribution in [1.82, 2.24) is 0 Å². The number of rotatable bonds is 12. The molecule has 15 aliphatic rings. The second-order valence-electron chi connectivity index (χ2n) is 39.5. The lowest BCUT2D eigenvalue weighted by Gasteiger charge is -2.25. The van der Waals surface area contributed by atoms with Gasteiger partial charge in [-0.3, -0.25) is 4.79 Å². The summed E-state index contributed by atoms with van der Waals surface area (Å²) in [5, 5.41) is 85.8. The summed E-state index contributed by atoms with van der Waals surface area (Å²) in [7, 11) is 0. The van der Waals surface area contributed by atoms with Gasteiger partial charge in [0, 0.05) is 62.7 Å². The number of aryl methyl sites for hydroxylation is 1. The van der Waals surface area contributed by atoms with E-state index in [4.69, 9.17) is 75.8 Å². The van der Waals surface area contributed by atoms with Gasteiger partial charge in [-0.25, -0.2) is 19.2 Å². The van der Waals surface area contributed by atoms with Crippen molar-refractivity contribution in [2.24, 2.45) is 0 Å². The summed E-state index contributed by atoms with van der Waals surface area (Å²) in [6.07, 6.45) is 54.0. The molecule has 0 amide bonds. The SMILES string of the molecule is C=C1CCC[C@@H]2CC=C[C@@H](C/C=C\C(=O)OC([C@@H](O)/C=C/C3CC(=O)C=CO3)C[C@@H]3O[C@H]3[C@@H](O)C1)O2.C=C1CCC[C@@H]2CC=C[C@@H](C/C=C\C(=O)OC([C@@H](O)/C=C/C3CCCCO3)C[C@@H]3O[C@H]3[C@@H](O)C1)O2.C=C1CCC[C@@H]2CC=C[C@@H](C/C=C\C(=O)OC([C@@H](O)/C=C/C3OCCO3)C[C@@H]3O[C@H]3[C@@H](O)C1)O2.C=C1CCC[C@@H]2CC=C[C@@H](C/C=C\C(=O)OC([C@@H](O)/C=C/c3cccc(C)c3)C[C@@H]3O[C@H]3[C@@H](O)C1)O2. The number of ketones is 1. The zero-order chi connectivity index (χ0) is 99.5. The Bertz CT molecular complexity index is 4630. The van der Waals surface area contributed by atoms with E-state index in [2.05, 4.69) is 50.6 Å². The Hall–Kier alpha value is -8.61. The Morgan fingerprint density at radius 1 is 0.362 bits per heavy atom. The number of aliphatic hydroxyl groups is 8. The maximum Gasteiger partial charge on any atom is 0.330 e. The van der Waals surface area contributed by atoms with E-state index in [1.807, 2.05) is 67.6 Å². The van der Waals surface area contributed by atoms with Gasteiger partial charge < -0.3 is 117 Å². The summed E-state index contributed by atoms with van der Waals surface area (Å²) < 4.78 is 91.6. The van der Waals surface area contributed by atoms with Crippen LogP contribution >= 0.6 is 0 Å². The van der Waals surface area contributed by atoms with Crippen molar-refractivity contribution in [3.63, 3.8) is 0 Å². The van der Waals surface area contributed by atoms with Gasteiger partial charge in [-0.15, -0.1) is 0 Å². The predicted molar refractivity (Wildman–Crippen MR) is 526 cm³/mol. The van der Waals surface area contributed by atoms with E-state index in [-0.39, 0.29) is 123 Å². The molecule has 1 aromatic rings. The van der Waals surface area contributed by atoms with E-state index < -0.39 is 116 Å². The molecule has 6 saturated heterocycles. The molecule has 1 aromatic carbocycles. The average molecular weight is 1960 g/mol. The molecule has 8 N–H and O–H groups in total. The molecule has 16 rings (SSSR count). The molecule has 8 bridgehead atoms. The third kappa shape index (κ3) is 38.7. The first kappa shape index (κ1) is 110. The Balaban J connectivity index is 0.000000158. The van der Waals surface area contributed by atoms with Crippen LogP contribution in [-0.4, -0.2) is 280 Å². The molecule has 29 heteroatoms. The van der Waals surface area contributed by atoms with Crippen molar-refractivity contribution < 1.29 is 141 Å². The summed E-state index contributed by atoms with van der Waals surface area (Å²) in [4.78, 5) is 61.8. The van der Waals surface area contributed by atoms with Crippen molar-refractivity contribution >= 4 is 35.7 Å². The number of benzene rings is 1. The number of esters is 4. The molecule has 6 unspecified atom stereocenters. The molecular weight excluding hydrogens is 1810 g/mol. The summed E-state index contributed by atoms with van der Waals surface area (Å²) in [6.45, 7) is 20.2. The van der Waals surface area contributed by atoms with Crippen molar-refractivity contribution in [1.29, 1.82) is 0 Å². The van der Waals surface area contributed by atoms with Crippen LogP contribution < -0.4 is 0 Å². The highest BCUT2D eigenvalue weighted by atomic mass is 16.7. The van der Waals surface area contributed by atoms with E-state index >= 15 is 0 Å². The molecule has 6 fully saturated rings. The van der Waals surface area contributed by atoms with Gasteiger partial charge >= 0.3 is 23.9 Å². The molecule has 772 valence electrons. The number of carbonyl (C=O) groups is 5. The fraction of sp³-hybridized carbons (Fsp3) is 0.598. The summed E-state index contributed by atoms with van der Waals surface area (Å²) >= 11 is 0. The molecule has 141 heavy (non-hydrogen) atoms. The van der Waals surface area contributed by atoms with Gasteiger partial charge in [0.05, 0.1) is 130 Å². The third-order valence-electron chi connectivity index (χ3n) is 27.4. The molecule has 15 aliphatic heterocycles. The zero-order valence-electron chi connectivity index (χ0n) is 81.4. The summed E-state index contributed by atoms with van der Waals surface area (Å²) in [5.41, 5.74) is 6.01. The van der Waals surface area contributed by atoms with Gasteiger partial charge in [0.2, 0.25) is 0 Å². The molecule has 29 nitrogen and oxygen atoms in total. The van der Waals surface area contributed by atoms with E-state index in [9.17, 15) is 64.8 Å². The quantitative estimate of drug-likeness (QED) is 0.0417. The molecular formula is C112H150O29. The standard InChI is InChI=1S/C30H38O6.C28H36O8.C28H40O7.C26H36O8/c1-20-7-3-9-22(17-20)15-16-25(31)27-19-28-30(36-28)26(32)18-21(2)8-4-10-23-11-5-12-24(34-23)13-6-14-29(33)35-27;1-18-5-2-6-20-7-3-8-21(34-20)9-4-10-27(32)35-25(17-26-28(36-26)24(31)15-18)23(30)12-11-22-16-19(29)13-14-33-22;1-19-7-4-9-21-10-5-11-22(33-21)12-6-13-27(31)34-25(18-26-28(35-26)24(30)17-19)23(29)15-14-20-8-2-3-16-32-20;1-17-5-2-6-18-7-3-8-19(32-18)9-4-10-24(29)33-22(16-23-26(34-23)21(28)15-17)20(27)11-12-25-30-13-14-31-25/h3,5-7,9,12,14-17,23-28,30-32H,2,4,8,10-11,13,18-19H2,1H3;3-4,8,10-14,20-26,28,30-31H,1-2,5-7,9,15-17H2;5-6,11,13-15,20-26,28-30H,1-4,7-10,12,16-18H2;3-4,8,10-12,18-23,25-28H,1-2,5-7,9,13-16H2/b14-6-,16-15+;10-4-,12-11+;13-6-,15-14+;10-4-,12-11+/t23-,24+,25+,26+,27?,28+,30+;20-,21+,22?,23+,24+,25?,26+,28+;20?,21-,22+,23+,24+,25?,26+,28+;18-,19+,20+,21+,22?,23+,26+/m1111/s1. The first-order chi connectivity index (χ1) is 68.2. The van der Waals surface area contributed by atoms with E-state index in [0.29, 0.717) is 77.4 Å². The van der Waals surface area contributed by atoms with Gasteiger partial charge in [-0.05, 0) is 198 Å². The highest BCUT2D eigenvalue weighted by Gasteiger charge is 2.51. The largest absolute Gasteiger partial charge is 0.493 e. The zero-order valence-corrected chi connectivity index (χ0v) is 81.4. The maximum absolute atomic E-state index is 12.6. The Kier molecular flexibility index (Phi) is 44.1. The van der Waals surface area contributed by atoms with Crippen LogP contribution in [0, 0.1) is 6.92 Å². The number of hydrogen-bond donors (Lipinski definition) is 8. The van der Waals surface area contributed by atoms with Gasteiger partial charge in [0.25, 0.3) is 0 Å². The van der Waals surface area contributed by atoms with Crippen LogP contribution in [0.4, 0.5) is 0 Å². The predicted octanol–water partition coefficient (Wildman–Crippen LogP) is 13.8.